The van der Waals surface area contributed by atoms with E-state index in [2.05, 4.69) is 39.6 Å². The second kappa shape index (κ2) is 8.75. The van der Waals surface area contributed by atoms with Crippen LogP contribution in [0.25, 0.3) is 0 Å². The Kier molecular flexibility index (Phi) is 6.69. The number of ether oxygens (including phenoxy) is 2. The van der Waals surface area contributed by atoms with Crippen LogP contribution in [0.15, 0.2) is 28.9 Å². The molecule has 0 spiro atoms. The van der Waals surface area contributed by atoms with E-state index in [1.807, 2.05) is 18.2 Å². The molecular weight excluding hydrogens is 390 g/mol. The third-order valence-corrected chi connectivity index (χ3v) is 4.51. The van der Waals surface area contributed by atoms with Crippen molar-refractivity contribution in [2.24, 2.45) is 5.92 Å². The number of hydrogen-bond donors (Lipinski definition) is 2. The van der Waals surface area contributed by atoms with Gasteiger partial charge in [0.1, 0.15) is 5.75 Å². The minimum Gasteiger partial charge on any atom is -0.493 e. The lowest BCUT2D eigenvalue weighted by atomic mass is 10.1. The molecule has 136 valence electrons. The number of aromatic nitrogens is 2. The number of carboxylic acid groups (broad SMARTS) is 1. The standard InChI is InChI=1S/C17H22BrN3O4/c1-3-11(4-2)10-24-14-6-5-13(18)7-12(14)9-21-16(19)15(8-20-21)25-17(22)23/h5-8,11H,3-4,9-10,19H2,1-2H3,(H,22,23). The molecule has 1 heterocycles. The van der Waals surface area contributed by atoms with Crippen LogP contribution in [0.2, 0.25) is 0 Å². The van der Waals surface area contributed by atoms with Gasteiger partial charge in [-0.05, 0) is 24.1 Å². The maximum atomic E-state index is 10.7. The van der Waals surface area contributed by atoms with E-state index in [-0.39, 0.29) is 11.6 Å². The van der Waals surface area contributed by atoms with Gasteiger partial charge in [0, 0.05) is 10.0 Å². The van der Waals surface area contributed by atoms with Gasteiger partial charge in [-0.25, -0.2) is 9.48 Å². The summed E-state index contributed by atoms with van der Waals surface area (Å²) in [7, 11) is 0. The highest BCUT2D eigenvalue weighted by Crippen LogP contribution is 2.28. The average Bonchev–Trinajstić information content (AvgIpc) is 2.90. The molecule has 0 aliphatic carbocycles. The molecule has 2 aromatic rings. The van der Waals surface area contributed by atoms with E-state index in [0.717, 1.165) is 28.6 Å². The first-order valence-corrected chi connectivity index (χ1v) is 8.87. The van der Waals surface area contributed by atoms with Gasteiger partial charge in [-0.2, -0.15) is 5.10 Å². The van der Waals surface area contributed by atoms with E-state index in [1.54, 1.807) is 0 Å². The fraction of sp³-hybridized carbons (Fsp3) is 0.412. The summed E-state index contributed by atoms with van der Waals surface area (Å²) >= 11 is 3.45. The van der Waals surface area contributed by atoms with Crippen molar-refractivity contribution in [1.29, 1.82) is 0 Å². The predicted octanol–water partition coefficient (Wildman–Crippen LogP) is 4.15. The Hall–Kier alpha value is -2.22. The molecule has 0 aliphatic rings. The fourth-order valence-electron chi connectivity index (χ4n) is 2.38. The zero-order chi connectivity index (χ0) is 18.4. The van der Waals surface area contributed by atoms with Crippen molar-refractivity contribution < 1.29 is 19.4 Å². The van der Waals surface area contributed by atoms with Gasteiger partial charge in [-0.15, -0.1) is 0 Å². The van der Waals surface area contributed by atoms with Crippen molar-refractivity contribution in [3.63, 3.8) is 0 Å². The molecule has 0 atom stereocenters. The van der Waals surface area contributed by atoms with Gasteiger partial charge in [0.25, 0.3) is 0 Å². The number of rotatable bonds is 8. The lowest BCUT2D eigenvalue weighted by molar-refractivity contribution is 0.144. The van der Waals surface area contributed by atoms with Crippen LogP contribution >= 0.6 is 15.9 Å². The Morgan fingerprint density at radius 3 is 2.72 bits per heavy atom. The first kappa shape index (κ1) is 19.1. The number of nitrogen functional groups attached to an aromatic ring is 1. The van der Waals surface area contributed by atoms with Gasteiger partial charge in [-0.1, -0.05) is 42.6 Å². The van der Waals surface area contributed by atoms with Gasteiger partial charge in [0.05, 0.1) is 19.3 Å². The van der Waals surface area contributed by atoms with Crippen molar-refractivity contribution in [3.8, 4) is 11.5 Å². The summed E-state index contributed by atoms with van der Waals surface area (Å²) in [4.78, 5) is 10.7. The predicted molar refractivity (Wildman–Crippen MR) is 98.1 cm³/mol. The molecular formula is C17H22BrN3O4. The second-order valence-electron chi connectivity index (χ2n) is 5.67. The van der Waals surface area contributed by atoms with E-state index in [0.29, 0.717) is 19.1 Å². The van der Waals surface area contributed by atoms with Gasteiger partial charge < -0.3 is 20.3 Å². The molecule has 0 fully saturated rings. The summed E-state index contributed by atoms with van der Waals surface area (Å²) in [5, 5.41) is 12.8. The summed E-state index contributed by atoms with van der Waals surface area (Å²) in [5.41, 5.74) is 6.80. The van der Waals surface area contributed by atoms with Crippen molar-refractivity contribution in [1.82, 2.24) is 9.78 Å². The van der Waals surface area contributed by atoms with E-state index in [4.69, 9.17) is 15.6 Å². The molecule has 0 bridgehead atoms. The number of nitrogens with zero attached hydrogens (tertiary/aromatic N) is 2. The lowest BCUT2D eigenvalue weighted by Gasteiger charge is -2.17. The molecule has 7 nitrogen and oxygen atoms in total. The molecule has 8 heteroatoms. The quantitative estimate of drug-likeness (QED) is 0.632. The molecule has 0 amide bonds. The lowest BCUT2D eigenvalue weighted by Crippen LogP contribution is -2.13. The van der Waals surface area contributed by atoms with Gasteiger partial charge >= 0.3 is 6.16 Å². The molecule has 2 rings (SSSR count). The molecule has 0 saturated carbocycles. The zero-order valence-corrected chi connectivity index (χ0v) is 15.8. The molecule has 25 heavy (non-hydrogen) atoms. The smallest absolute Gasteiger partial charge is 0.493 e. The summed E-state index contributed by atoms with van der Waals surface area (Å²) in [6, 6.07) is 5.74. The number of hydrogen-bond acceptors (Lipinski definition) is 5. The van der Waals surface area contributed by atoms with Crippen LogP contribution < -0.4 is 15.2 Å². The van der Waals surface area contributed by atoms with Crippen LogP contribution in [0.1, 0.15) is 32.3 Å². The van der Waals surface area contributed by atoms with Crippen molar-refractivity contribution in [2.45, 2.75) is 33.2 Å². The van der Waals surface area contributed by atoms with Crippen molar-refractivity contribution in [2.75, 3.05) is 12.3 Å². The van der Waals surface area contributed by atoms with Crippen LogP contribution in [0.3, 0.4) is 0 Å². The highest BCUT2D eigenvalue weighted by atomic mass is 79.9. The summed E-state index contributed by atoms with van der Waals surface area (Å²) in [6.07, 6.45) is 1.98. The average molecular weight is 412 g/mol. The highest BCUT2D eigenvalue weighted by molar-refractivity contribution is 9.10. The third kappa shape index (κ3) is 5.12. The van der Waals surface area contributed by atoms with E-state index >= 15 is 0 Å². The molecule has 1 aromatic heterocycles. The number of nitrogens with two attached hydrogens (primary N) is 1. The third-order valence-electron chi connectivity index (χ3n) is 4.01. The Morgan fingerprint density at radius 2 is 2.08 bits per heavy atom. The van der Waals surface area contributed by atoms with Crippen molar-refractivity contribution >= 4 is 27.9 Å². The van der Waals surface area contributed by atoms with Gasteiger partial charge in [0.2, 0.25) is 0 Å². The fourth-order valence-corrected chi connectivity index (χ4v) is 2.79. The summed E-state index contributed by atoms with van der Waals surface area (Å²) in [5.74, 6) is 1.42. The SMILES string of the molecule is CCC(CC)COc1ccc(Br)cc1Cn1ncc(OC(=O)O)c1N. The first-order chi connectivity index (χ1) is 11.9. The molecule has 3 N–H and O–H groups in total. The normalized spacial score (nSPS) is 10.9. The highest BCUT2D eigenvalue weighted by Gasteiger charge is 2.15. The van der Waals surface area contributed by atoms with Crippen LogP contribution in [0.5, 0.6) is 11.5 Å². The van der Waals surface area contributed by atoms with E-state index in [9.17, 15) is 4.79 Å². The summed E-state index contributed by atoms with van der Waals surface area (Å²) < 4.78 is 13.0. The first-order valence-electron chi connectivity index (χ1n) is 8.07. The minimum absolute atomic E-state index is 0.0157. The van der Waals surface area contributed by atoms with E-state index in [1.165, 1.54) is 10.9 Å². The summed E-state index contributed by atoms with van der Waals surface area (Å²) in [6.45, 7) is 5.28. The van der Waals surface area contributed by atoms with Crippen LogP contribution in [-0.4, -0.2) is 27.6 Å². The van der Waals surface area contributed by atoms with Crippen LogP contribution in [0.4, 0.5) is 10.6 Å². The maximum absolute atomic E-state index is 10.7. The molecule has 0 radical (unpaired) electrons. The molecule has 0 unspecified atom stereocenters. The zero-order valence-electron chi connectivity index (χ0n) is 14.2. The minimum atomic E-state index is -1.43. The van der Waals surface area contributed by atoms with Gasteiger partial charge in [-0.3, -0.25) is 0 Å². The Morgan fingerprint density at radius 1 is 1.36 bits per heavy atom. The van der Waals surface area contributed by atoms with Gasteiger partial charge in [0.15, 0.2) is 11.6 Å². The van der Waals surface area contributed by atoms with E-state index < -0.39 is 6.16 Å². The Bertz CT molecular complexity index is 729. The topological polar surface area (TPSA) is 99.6 Å². The Labute approximate surface area is 154 Å². The molecule has 0 aliphatic heterocycles. The van der Waals surface area contributed by atoms with Crippen LogP contribution in [-0.2, 0) is 6.54 Å². The monoisotopic (exact) mass is 411 g/mol. The number of halogens is 1. The van der Waals surface area contributed by atoms with Crippen molar-refractivity contribution in [3.05, 3.63) is 34.4 Å². The Balaban J connectivity index is 2.19. The number of benzene rings is 1. The second-order valence-corrected chi connectivity index (χ2v) is 6.58. The largest absolute Gasteiger partial charge is 0.511 e. The number of carbonyl (C=O) groups is 1. The molecule has 0 saturated heterocycles. The van der Waals surface area contributed by atoms with Crippen LogP contribution in [0, 0.1) is 5.92 Å². The number of anilines is 1. The molecule has 1 aromatic carbocycles. The maximum Gasteiger partial charge on any atom is 0.511 e.